The molecule has 0 fully saturated rings. The number of carboxylic acid groups (broad SMARTS) is 1. The van der Waals surface area contributed by atoms with E-state index in [2.05, 4.69) is 0 Å². The van der Waals surface area contributed by atoms with Crippen molar-refractivity contribution in [3.05, 3.63) is 35.9 Å². The summed E-state index contributed by atoms with van der Waals surface area (Å²) in [5, 5.41) is 9.39. The van der Waals surface area contributed by atoms with Crippen molar-refractivity contribution in [1.29, 1.82) is 0 Å². The number of benzene rings is 1. The number of hydrogen-bond acceptors (Lipinski definition) is 3. The highest BCUT2D eigenvalue weighted by atomic mass is 16.4. The van der Waals surface area contributed by atoms with Crippen LogP contribution >= 0.6 is 0 Å². The lowest BCUT2D eigenvalue weighted by Crippen LogP contribution is -2.43. The molecule has 0 aliphatic rings. The first-order chi connectivity index (χ1) is 10.8. The van der Waals surface area contributed by atoms with Crippen LogP contribution < -0.4 is 0 Å². The molecule has 1 atom stereocenters. The first-order valence-corrected chi connectivity index (χ1v) is 7.55. The van der Waals surface area contributed by atoms with Gasteiger partial charge in [0, 0.05) is 40.4 Å². The maximum atomic E-state index is 12.2. The smallest absolute Gasteiger partial charge is 0.326 e. The van der Waals surface area contributed by atoms with Gasteiger partial charge in [0.1, 0.15) is 6.04 Å². The van der Waals surface area contributed by atoms with Gasteiger partial charge in [0.25, 0.3) is 0 Å². The van der Waals surface area contributed by atoms with Gasteiger partial charge in [0.05, 0.1) is 0 Å². The van der Waals surface area contributed by atoms with Gasteiger partial charge in [0.15, 0.2) is 0 Å². The average Bonchev–Trinajstić information content (AvgIpc) is 2.52. The maximum Gasteiger partial charge on any atom is 0.326 e. The standard InChI is InChI=1S/C17H24N2O4/c1-18(2)15(20)10-7-11-16(21)19(3)14(17(22)23)12-13-8-5-4-6-9-13/h4-6,8-9,14H,7,10-12H2,1-3H3,(H,22,23). The molecule has 1 unspecified atom stereocenters. The summed E-state index contributed by atoms with van der Waals surface area (Å²) in [6.45, 7) is 0. The van der Waals surface area contributed by atoms with E-state index in [1.165, 1.54) is 16.8 Å². The molecule has 0 aliphatic heterocycles. The Morgan fingerprint density at radius 1 is 1.00 bits per heavy atom. The van der Waals surface area contributed by atoms with Crippen LogP contribution in [-0.4, -0.2) is 59.9 Å². The van der Waals surface area contributed by atoms with Gasteiger partial charge in [-0.15, -0.1) is 0 Å². The van der Waals surface area contributed by atoms with Crippen molar-refractivity contribution in [2.75, 3.05) is 21.1 Å². The number of carboxylic acids is 1. The van der Waals surface area contributed by atoms with Crippen LogP contribution in [0, 0.1) is 0 Å². The minimum atomic E-state index is -1.03. The average molecular weight is 320 g/mol. The predicted octanol–water partition coefficient (Wildman–Crippen LogP) is 1.40. The minimum absolute atomic E-state index is 0.0421. The monoisotopic (exact) mass is 320 g/mol. The molecule has 1 aromatic rings. The van der Waals surface area contributed by atoms with Crippen molar-refractivity contribution in [3.8, 4) is 0 Å². The lowest BCUT2D eigenvalue weighted by Gasteiger charge is -2.25. The van der Waals surface area contributed by atoms with Gasteiger partial charge in [-0.3, -0.25) is 9.59 Å². The Kier molecular flexibility index (Phi) is 7.25. The van der Waals surface area contributed by atoms with Crippen LogP contribution in [-0.2, 0) is 20.8 Å². The second-order valence-corrected chi connectivity index (χ2v) is 5.69. The van der Waals surface area contributed by atoms with Crippen molar-refractivity contribution in [2.24, 2.45) is 0 Å². The molecule has 0 heterocycles. The quantitative estimate of drug-likeness (QED) is 0.785. The third kappa shape index (κ3) is 6.10. The summed E-state index contributed by atoms with van der Waals surface area (Å²) in [5.41, 5.74) is 0.863. The molecule has 6 heteroatoms. The molecule has 0 saturated heterocycles. The summed E-state index contributed by atoms with van der Waals surface area (Å²) in [7, 11) is 4.82. The van der Waals surface area contributed by atoms with Crippen molar-refractivity contribution < 1.29 is 19.5 Å². The molecule has 0 bridgehead atoms. The summed E-state index contributed by atoms with van der Waals surface area (Å²) in [4.78, 5) is 37.9. The van der Waals surface area contributed by atoms with Crippen LogP contribution in [0.15, 0.2) is 30.3 Å². The summed E-state index contributed by atoms with van der Waals surface area (Å²) < 4.78 is 0. The van der Waals surface area contributed by atoms with Crippen LogP contribution in [0.25, 0.3) is 0 Å². The van der Waals surface area contributed by atoms with Gasteiger partial charge < -0.3 is 14.9 Å². The van der Waals surface area contributed by atoms with E-state index >= 15 is 0 Å². The third-order valence-electron chi connectivity index (χ3n) is 3.70. The zero-order valence-corrected chi connectivity index (χ0v) is 13.9. The van der Waals surface area contributed by atoms with Crippen LogP contribution in [0.2, 0.25) is 0 Å². The van der Waals surface area contributed by atoms with Gasteiger partial charge in [-0.25, -0.2) is 4.79 Å². The second kappa shape index (κ2) is 8.92. The molecular formula is C17H24N2O4. The molecule has 0 radical (unpaired) electrons. The molecule has 2 amide bonds. The van der Waals surface area contributed by atoms with Crippen LogP contribution in [0.3, 0.4) is 0 Å². The highest BCUT2D eigenvalue weighted by molar-refractivity contribution is 5.84. The number of likely N-dealkylation sites (N-methyl/N-ethyl adjacent to an activating group) is 1. The predicted molar refractivity (Wildman–Crippen MR) is 86.9 cm³/mol. The number of carbonyl (C=O) groups is 3. The van der Waals surface area contributed by atoms with E-state index in [-0.39, 0.29) is 31.1 Å². The van der Waals surface area contributed by atoms with Gasteiger partial charge in [0.2, 0.25) is 11.8 Å². The number of rotatable bonds is 8. The van der Waals surface area contributed by atoms with Crippen LogP contribution in [0.1, 0.15) is 24.8 Å². The van der Waals surface area contributed by atoms with E-state index in [1.54, 1.807) is 14.1 Å². The van der Waals surface area contributed by atoms with Crippen molar-refractivity contribution in [3.63, 3.8) is 0 Å². The highest BCUT2D eigenvalue weighted by Gasteiger charge is 2.26. The molecular weight excluding hydrogens is 296 g/mol. The largest absolute Gasteiger partial charge is 0.480 e. The Morgan fingerprint density at radius 3 is 2.09 bits per heavy atom. The van der Waals surface area contributed by atoms with E-state index in [0.717, 1.165) is 5.56 Å². The topological polar surface area (TPSA) is 77.9 Å². The Hall–Kier alpha value is -2.37. The molecule has 0 aliphatic carbocycles. The molecule has 6 nitrogen and oxygen atoms in total. The van der Waals surface area contributed by atoms with Crippen molar-refractivity contribution >= 4 is 17.8 Å². The number of carbonyl (C=O) groups excluding carboxylic acids is 2. The second-order valence-electron chi connectivity index (χ2n) is 5.69. The van der Waals surface area contributed by atoms with Gasteiger partial charge >= 0.3 is 5.97 Å². The summed E-state index contributed by atoms with van der Waals surface area (Å²) in [5.74, 6) is -1.34. The number of nitrogens with zero attached hydrogens (tertiary/aromatic N) is 2. The minimum Gasteiger partial charge on any atom is -0.480 e. The lowest BCUT2D eigenvalue weighted by atomic mass is 10.0. The van der Waals surface area contributed by atoms with Crippen LogP contribution in [0.4, 0.5) is 0 Å². The Balaban J connectivity index is 2.59. The van der Waals surface area contributed by atoms with Gasteiger partial charge in [-0.2, -0.15) is 0 Å². The SMILES string of the molecule is CN(C)C(=O)CCCC(=O)N(C)C(Cc1ccccc1)C(=O)O. The normalized spacial score (nSPS) is 11.6. The Labute approximate surface area is 136 Å². The highest BCUT2D eigenvalue weighted by Crippen LogP contribution is 2.11. The first kappa shape index (κ1) is 18.7. The zero-order valence-electron chi connectivity index (χ0n) is 13.9. The number of amides is 2. The molecule has 0 spiro atoms. The Bertz CT molecular complexity index is 543. The Morgan fingerprint density at radius 2 is 1.57 bits per heavy atom. The molecule has 126 valence electrons. The van der Waals surface area contributed by atoms with Gasteiger partial charge in [-0.05, 0) is 12.0 Å². The van der Waals surface area contributed by atoms with Crippen molar-refractivity contribution in [1.82, 2.24) is 9.80 Å². The molecule has 1 N–H and O–H groups in total. The zero-order chi connectivity index (χ0) is 17.4. The lowest BCUT2D eigenvalue weighted by molar-refractivity contribution is -0.149. The molecule has 0 saturated carbocycles. The fraction of sp³-hybridized carbons (Fsp3) is 0.471. The summed E-state index contributed by atoms with van der Waals surface area (Å²) in [6.07, 6.45) is 1.12. The fourth-order valence-corrected chi connectivity index (χ4v) is 2.19. The molecule has 1 aromatic carbocycles. The van der Waals surface area contributed by atoms with E-state index in [4.69, 9.17) is 0 Å². The van der Waals surface area contributed by atoms with E-state index < -0.39 is 12.0 Å². The van der Waals surface area contributed by atoms with E-state index in [0.29, 0.717) is 6.42 Å². The van der Waals surface area contributed by atoms with E-state index in [1.807, 2.05) is 30.3 Å². The van der Waals surface area contributed by atoms with Gasteiger partial charge in [-0.1, -0.05) is 30.3 Å². The molecule has 1 rings (SSSR count). The summed E-state index contributed by atoms with van der Waals surface area (Å²) >= 11 is 0. The maximum absolute atomic E-state index is 12.2. The van der Waals surface area contributed by atoms with Crippen molar-refractivity contribution in [2.45, 2.75) is 31.7 Å². The molecule has 0 aromatic heterocycles. The third-order valence-corrected chi connectivity index (χ3v) is 3.70. The summed E-state index contributed by atoms with van der Waals surface area (Å²) in [6, 6.07) is 8.30. The first-order valence-electron chi connectivity index (χ1n) is 7.55. The number of aliphatic carboxylic acids is 1. The molecule has 23 heavy (non-hydrogen) atoms. The number of hydrogen-bond donors (Lipinski definition) is 1. The van der Waals surface area contributed by atoms with Crippen LogP contribution in [0.5, 0.6) is 0 Å². The fourth-order valence-electron chi connectivity index (χ4n) is 2.19. The van der Waals surface area contributed by atoms with E-state index in [9.17, 15) is 19.5 Å².